The summed E-state index contributed by atoms with van der Waals surface area (Å²) in [5.74, 6) is -0.372. The molecule has 1 saturated heterocycles. The maximum atomic E-state index is 11.5. The minimum atomic E-state index is -1.30. The van der Waals surface area contributed by atoms with Gasteiger partial charge in [-0.2, -0.15) is 0 Å². The van der Waals surface area contributed by atoms with Crippen LogP contribution in [0.2, 0.25) is 0 Å². The van der Waals surface area contributed by atoms with Gasteiger partial charge in [-0.15, -0.1) is 0 Å². The van der Waals surface area contributed by atoms with Gasteiger partial charge >= 0.3 is 0 Å². The van der Waals surface area contributed by atoms with Crippen molar-refractivity contribution in [3.63, 3.8) is 0 Å². The van der Waals surface area contributed by atoms with E-state index in [1.54, 1.807) is 13.8 Å². The third-order valence-corrected chi connectivity index (χ3v) is 2.63. The summed E-state index contributed by atoms with van der Waals surface area (Å²) in [5.41, 5.74) is 0. The van der Waals surface area contributed by atoms with Gasteiger partial charge in [-0.25, -0.2) is 0 Å². The summed E-state index contributed by atoms with van der Waals surface area (Å²) in [5, 5.41) is 33.8. The molecule has 5 N–H and O–H groups in total. The largest absolute Gasteiger partial charge is 0.389 e. The number of nitrogens with one attached hydrogen (secondary N) is 2. The first-order valence-electron chi connectivity index (χ1n) is 5.07. The molecule has 0 aliphatic carbocycles. The Morgan fingerprint density at radius 1 is 1.27 bits per heavy atom. The Balaban J connectivity index is 2.70. The SMILES string of the molecule is CCNC(=O)C1NC(C)C(O)C(O)C1O. The predicted molar refractivity (Wildman–Crippen MR) is 53.1 cm³/mol. The van der Waals surface area contributed by atoms with E-state index in [0.29, 0.717) is 6.54 Å². The van der Waals surface area contributed by atoms with Crippen molar-refractivity contribution in [3.05, 3.63) is 0 Å². The van der Waals surface area contributed by atoms with Gasteiger partial charge in [0.2, 0.25) is 5.91 Å². The molecule has 1 aliphatic rings. The second kappa shape index (κ2) is 4.89. The van der Waals surface area contributed by atoms with Gasteiger partial charge in [-0.3, -0.25) is 10.1 Å². The van der Waals surface area contributed by atoms with Gasteiger partial charge in [0.1, 0.15) is 18.2 Å². The molecule has 1 fully saturated rings. The number of piperidine rings is 1. The topological polar surface area (TPSA) is 102 Å². The highest BCUT2D eigenvalue weighted by Crippen LogP contribution is 2.15. The fraction of sp³-hybridized carbons (Fsp3) is 0.889. The molecule has 1 amide bonds. The first-order chi connectivity index (χ1) is 6.99. The molecule has 0 aromatic heterocycles. The number of hydrogen-bond acceptors (Lipinski definition) is 5. The van der Waals surface area contributed by atoms with E-state index >= 15 is 0 Å². The van der Waals surface area contributed by atoms with Crippen LogP contribution in [0.1, 0.15) is 13.8 Å². The van der Waals surface area contributed by atoms with E-state index in [9.17, 15) is 20.1 Å². The lowest BCUT2D eigenvalue weighted by Gasteiger charge is -2.39. The lowest BCUT2D eigenvalue weighted by molar-refractivity contribution is -0.142. The highest BCUT2D eigenvalue weighted by atomic mass is 16.4. The summed E-state index contributed by atoms with van der Waals surface area (Å²) in [6.45, 7) is 3.87. The number of hydrogen-bond donors (Lipinski definition) is 5. The maximum Gasteiger partial charge on any atom is 0.239 e. The number of amides is 1. The van der Waals surface area contributed by atoms with Crippen LogP contribution in [0.15, 0.2) is 0 Å². The highest BCUT2D eigenvalue weighted by Gasteiger charge is 2.43. The van der Waals surface area contributed by atoms with Crippen LogP contribution in [-0.4, -0.2) is 58.2 Å². The lowest BCUT2D eigenvalue weighted by atomic mass is 9.90. The Morgan fingerprint density at radius 3 is 2.40 bits per heavy atom. The van der Waals surface area contributed by atoms with E-state index in [2.05, 4.69) is 10.6 Å². The Hall–Kier alpha value is -0.690. The Bertz CT molecular complexity index is 236. The average Bonchev–Trinajstić information content (AvgIpc) is 2.20. The van der Waals surface area contributed by atoms with E-state index in [1.807, 2.05) is 0 Å². The van der Waals surface area contributed by atoms with E-state index in [0.717, 1.165) is 0 Å². The zero-order valence-electron chi connectivity index (χ0n) is 8.84. The maximum absolute atomic E-state index is 11.5. The zero-order valence-corrected chi connectivity index (χ0v) is 8.84. The molecule has 6 nitrogen and oxygen atoms in total. The van der Waals surface area contributed by atoms with Crippen molar-refractivity contribution in [1.82, 2.24) is 10.6 Å². The van der Waals surface area contributed by atoms with Gasteiger partial charge in [-0.05, 0) is 13.8 Å². The molecule has 88 valence electrons. The van der Waals surface area contributed by atoms with Gasteiger partial charge in [-0.1, -0.05) is 0 Å². The van der Waals surface area contributed by atoms with Crippen molar-refractivity contribution in [3.8, 4) is 0 Å². The van der Waals surface area contributed by atoms with Crippen LogP contribution in [0.25, 0.3) is 0 Å². The second-order valence-electron chi connectivity index (χ2n) is 3.80. The molecule has 1 heterocycles. The average molecular weight is 218 g/mol. The first kappa shape index (κ1) is 12.4. The summed E-state index contributed by atoms with van der Waals surface area (Å²) in [6.07, 6.45) is -3.65. The summed E-state index contributed by atoms with van der Waals surface area (Å²) in [4.78, 5) is 11.5. The number of aliphatic hydroxyl groups is 3. The number of carbonyl (C=O) groups is 1. The van der Waals surface area contributed by atoms with Gasteiger partial charge < -0.3 is 20.6 Å². The third-order valence-electron chi connectivity index (χ3n) is 2.63. The highest BCUT2D eigenvalue weighted by molar-refractivity contribution is 5.82. The van der Waals surface area contributed by atoms with Crippen LogP contribution in [-0.2, 0) is 4.79 Å². The van der Waals surface area contributed by atoms with Crippen molar-refractivity contribution in [2.75, 3.05) is 6.54 Å². The Labute approximate surface area is 88.3 Å². The standard InChI is InChI=1S/C9H18N2O4/c1-3-10-9(15)5-7(13)8(14)6(12)4(2)11-5/h4-8,11-14H,3H2,1-2H3,(H,10,15). The molecule has 0 aromatic carbocycles. The van der Waals surface area contributed by atoms with Crippen LogP contribution < -0.4 is 10.6 Å². The molecular formula is C9H18N2O4. The van der Waals surface area contributed by atoms with Crippen LogP contribution in [0.4, 0.5) is 0 Å². The van der Waals surface area contributed by atoms with E-state index < -0.39 is 30.4 Å². The zero-order chi connectivity index (χ0) is 11.6. The van der Waals surface area contributed by atoms with Crippen LogP contribution in [0.3, 0.4) is 0 Å². The van der Waals surface area contributed by atoms with Crippen LogP contribution in [0.5, 0.6) is 0 Å². The summed E-state index contributed by atoms with van der Waals surface area (Å²) in [6, 6.07) is -1.31. The van der Waals surface area contributed by atoms with E-state index in [4.69, 9.17) is 0 Å². The molecule has 1 rings (SSSR count). The van der Waals surface area contributed by atoms with Crippen molar-refractivity contribution < 1.29 is 20.1 Å². The third kappa shape index (κ3) is 2.46. The first-order valence-corrected chi connectivity index (χ1v) is 5.07. The molecule has 6 heteroatoms. The van der Waals surface area contributed by atoms with Gasteiger partial charge in [0.25, 0.3) is 0 Å². The van der Waals surface area contributed by atoms with Crippen LogP contribution in [0, 0.1) is 0 Å². The van der Waals surface area contributed by atoms with Crippen molar-refractivity contribution in [1.29, 1.82) is 0 Å². The minimum absolute atomic E-state index is 0.372. The van der Waals surface area contributed by atoms with Crippen molar-refractivity contribution in [2.24, 2.45) is 0 Å². The number of carbonyl (C=O) groups excluding carboxylic acids is 1. The molecule has 1 aliphatic heterocycles. The predicted octanol–water partition coefficient (Wildman–Crippen LogP) is -2.43. The van der Waals surface area contributed by atoms with E-state index in [1.165, 1.54) is 0 Å². The van der Waals surface area contributed by atoms with Gasteiger partial charge in [0, 0.05) is 12.6 Å². The van der Waals surface area contributed by atoms with Gasteiger partial charge in [0.05, 0.1) is 6.10 Å². The number of aliphatic hydroxyl groups excluding tert-OH is 3. The minimum Gasteiger partial charge on any atom is -0.389 e. The Morgan fingerprint density at radius 2 is 1.87 bits per heavy atom. The normalized spacial score (nSPS) is 41.3. The molecule has 5 atom stereocenters. The smallest absolute Gasteiger partial charge is 0.239 e. The molecule has 0 saturated carbocycles. The molecule has 0 spiro atoms. The van der Waals surface area contributed by atoms with Crippen molar-refractivity contribution >= 4 is 5.91 Å². The van der Waals surface area contributed by atoms with E-state index in [-0.39, 0.29) is 5.91 Å². The van der Waals surface area contributed by atoms with Crippen LogP contribution >= 0.6 is 0 Å². The molecular weight excluding hydrogens is 200 g/mol. The molecule has 0 radical (unpaired) electrons. The summed E-state index contributed by atoms with van der Waals surface area (Å²) in [7, 11) is 0. The molecule has 5 unspecified atom stereocenters. The quantitative estimate of drug-likeness (QED) is 0.354. The second-order valence-corrected chi connectivity index (χ2v) is 3.80. The molecule has 15 heavy (non-hydrogen) atoms. The lowest BCUT2D eigenvalue weighted by Crippen LogP contribution is -2.67. The fourth-order valence-electron chi connectivity index (χ4n) is 1.69. The number of rotatable bonds is 2. The monoisotopic (exact) mass is 218 g/mol. The number of likely N-dealkylation sites (N-methyl/N-ethyl adjacent to an activating group) is 1. The summed E-state index contributed by atoms with van der Waals surface area (Å²) >= 11 is 0. The fourth-order valence-corrected chi connectivity index (χ4v) is 1.69. The molecule has 0 aromatic rings. The Kier molecular flexibility index (Phi) is 4.04. The van der Waals surface area contributed by atoms with Crippen molar-refractivity contribution in [2.45, 2.75) is 44.2 Å². The molecule has 0 bridgehead atoms. The van der Waals surface area contributed by atoms with Gasteiger partial charge in [0.15, 0.2) is 0 Å². The summed E-state index contributed by atoms with van der Waals surface area (Å²) < 4.78 is 0.